The molecule has 2 nitrogen and oxygen atoms in total. The van der Waals surface area contributed by atoms with Gasteiger partial charge in [-0.05, 0) is 43.7 Å². The Morgan fingerprint density at radius 3 is 2.65 bits per heavy atom. The van der Waals surface area contributed by atoms with Gasteiger partial charge in [-0.1, -0.05) is 56.0 Å². The van der Waals surface area contributed by atoms with Crippen molar-refractivity contribution in [1.82, 2.24) is 4.57 Å². The summed E-state index contributed by atoms with van der Waals surface area (Å²) in [6, 6.07) is 8.17. The van der Waals surface area contributed by atoms with Crippen molar-refractivity contribution >= 4 is 11.6 Å². The molecule has 0 aliphatic rings. The van der Waals surface area contributed by atoms with Crippen LogP contribution < -0.4 is 4.57 Å². The van der Waals surface area contributed by atoms with Gasteiger partial charge in [0.05, 0.1) is 13.1 Å². The highest BCUT2D eigenvalue weighted by Gasteiger charge is 2.04. The maximum atomic E-state index is 6.20. The normalized spacial score (nSPS) is 11.0. The minimum atomic E-state index is 0.898. The molecule has 1 aromatic heterocycles. The summed E-state index contributed by atoms with van der Waals surface area (Å²) in [6.07, 6.45) is 16.8. The molecule has 0 saturated heterocycles. The van der Waals surface area contributed by atoms with Crippen molar-refractivity contribution in [1.29, 1.82) is 0 Å². The van der Waals surface area contributed by atoms with Crippen LogP contribution in [-0.4, -0.2) is 4.57 Å². The Morgan fingerprint density at radius 1 is 1.00 bits per heavy atom. The lowest BCUT2D eigenvalue weighted by Crippen LogP contribution is -2.30. The Morgan fingerprint density at radius 2 is 1.83 bits per heavy atom. The van der Waals surface area contributed by atoms with Crippen molar-refractivity contribution in [3.05, 3.63) is 53.6 Å². The molecule has 3 heteroatoms. The number of imidazole rings is 1. The van der Waals surface area contributed by atoms with E-state index in [1.54, 1.807) is 0 Å². The number of hydrogen-bond acceptors (Lipinski definition) is 0. The highest BCUT2D eigenvalue weighted by Crippen LogP contribution is 2.17. The molecule has 23 heavy (non-hydrogen) atoms. The van der Waals surface area contributed by atoms with E-state index in [4.69, 9.17) is 11.6 Å². The number of aryl methyl sites for hydroxylation is 3. The number of rotatable bonds is 11. The molecule has 0 aliphatic heterocycles. The van der Waals surface area contributed by atoms with E-state index in [0.717, 1.165) is 24.5 Å². The van der Waals surface area contributed by atoms with E-state index in [9.17, 15) is 0 Å². The van der Waals surface area contributed by atoms with Crippen molar-refractivity contribution in [2.24, 2.45) is 0 Å². The van der Waals surface area contributed by atoms with Crippen molar-refractivity contribution in [3.8, 4) is 0 Å². The van der Waals surface area contributed by atoms with Crippen molar-refractivity contribution in [2.75, 3.05) is 0 Å². The van der Waals surface area contributed by atoms with E-state index in [2.05, 4.69) is 46.9 Å². The second-order valence-corrected chi connectivity index (χ2v) is 6.76. The van der Waals surface area contributed by atoms with Crippen LogP contribution in [0.2, 0.25) is 5.02 Å². The first kappa shape index (κ1) is 18.1. The van der Waals surface area contributed by atoms with E-state index in [0.29, 0.717) is 0 Å². The second kappa shape index (κ2) is 10.5. The zero-order chi connectivity index (χ0) is 16.3. The van der Waals surface area contributed by atoms with Crippen LogP contribution in [0.15, 0.2) is 43.0 Å². The topological polar surface area (TPSA) is 8.81 Å². The minimum Gasteiger partial charge on any atom is -0.237 e. The van der Waals surface area contributed by atoms with Gasteiger partial charge < -0.3 is 0 Å². The number of halogens is 1. The molecule has 0 amide bonds. The van der Waals surface area contributed by atoms with Crippen molar-refractivity contribution < 1.29 is 4.57 Å². The van der Waals surface area contributed by atoms with E-state index in [1.165, 1.54) is 50.5 Å². The fourth-order valence-electron chi connectivity index (χ4n) is 2.91. The fourth-order valence-corrected chi connectivity index (χ4v) is 3.14. The first-order valence-electron chi connectivity index (χ1n) is 9.08. The molecule has 1 aromatic carbocycles. The van der Waals surface area contributed by atoms with Crippen molar-refractivity contribution in [2.45, 2.75) is 71.4 Å². The molecule has 0 radical (unpaired) electrons. The van der Waals surface area contributed by atoms with Gasteiger partial charge >= 0.3 is 0 Å². The molecule has 126 valence electrons. The monoisotopic (exact) mass is 333 g/mol. The Labute approximate surface area is 146 Å². The van der Waals surface area contributed by atoms with Gasteiger partial charge in [0, 0.05) is 5.02 Å². The summed E-state index contributed by atoms with van der Waals surface area (Å²) < 4.78 is 4.62. The first-order valence-corrected chi connectivity index (χ1v) is 9.45. The standard InChI is InChI=1S/C20H30ClN2/c1-2-3-4-5-9-14-22-16-17-23(18-22)15-10-8-12-19-11-6-7-13-20(19)21/h6-7,11,13,16-18H,2-5,8-10,12,14-15H2,1H3/q+1. The number of hydrogen-bond donors (Lipinski definition) is 0. The highest BCUT2D eigenvalue weighted by molar-refractivity contribution is 6.31. The molecule has 0 unspecified atom stereocenters. The summed E-state index contributed by atoms with van der Waals surface area (Å²) in [5.41, 5.74) is 1.27. The van der Waals surface area contributed by atoms with Crippen LogP contribution in [0.4, 0.5) is 0 Å². The van der Waals surface area contributed by atoms with Crippen LogP contribution in [-0.2, 0) is 19.5 Å². The maximum absolute atomic E-state index is 6.20. The summed E-state index contributed by atoms with van der Waals surface area (Å²) in [7, 11) is 0. The molecule has 0 bridgehead atoms. The van der Waals surface area contributed by atoms with E-state index in [-0.39, 0.29) is 0 Å². The summed E-state index contributed by atoms with van der Waals surface area (Å²) in [5, 5.41) is 0.898. The lowest BCUT2D eigenvalue weighted by atomic mass is 10.1. The highest BCUT2D eigenvalue weighted by atomic mass is 35.5. The average Bonchev–Trinajstić information content (AvgIpc) is 3.01. The van der Waals surface area contributed by atoms with Gasteiger partial charge in [-0.15, -0.1) is 0 Å². The van der Waals surface area contributed by atoms with Crippen LogP contribution >= 0.6 is 11.6 Å². The Bertz CT molecular complexity index is 562. The third-order valence-corrected chi connectivity index (χ3v) is 4.71. The third-order valence-electron chi connectivity index (χ3n) is 4.34. The average molecular weight is 334 g/mol. The van der Waals surface area contributed by atoms with Gasteiger partial charge in [0.2, 0.25) is 6.33 Å². The molecule has 0 fully saturated rings. The molecule has 0 aliphatic carbocycles. The molecule has 0 saturated carbocycles. The van der Waals surface area contributed by atoms with Crippen LogP contribution in [0, 0.1) is 0 Å². The number of nitrogens with zero attached hydrogens (tertiary/aromatic N) is 2. The Kier molecular flexibility index (Phi) is 8.24. The molecule has 2 rings (SSSR count). The Hall–Kier alpha value is -1.28. The zero-order valence-corrected chi connectivity index (χ0v) is 15.1. The molecular formula is C20H30ClN2+. The summed E-state index contributed by atoms with van der Waals surface area (Å²) in [4.78, 5) is 0. The number of unbranched alkanes of at least 4 members (excludes halogenated alkanes) is 5. The van der Waals surface area contributed by atoms with Crippen molar-refractivity contribution in [3.63, 3.8) is 0 Å². The second-order valence-electron chi connectivity index (χ2n) is 6.35. The summed E-state index contributed by atoms with van der Waals surface area (Å²) in [5.74, 6) is 0. The van der Waals surface area contributed by atoms with E-state index < -0.39 is 0 Å². The van der Waals surface area contributed by atoms with E-state index in [1.807, 2.05) is 12.1 Å². The van der Waals surface area contributed by atoms with Gasteiger partial charge in [-0.3, -0.25) is 0 Å². The quantitative estimate of drug-likeness (QED) is 0.383. The minimum absolute atomic E-state index is 0.898. The maximum Gasteiger partial charge on any atom is 0.243 e. The fraction of sp³-hybridized carbons (Fsp3) is 0.550. The first-order chi connectivity index (χ1) is 11.3. The van der Waals surface area contributed by atoms with Crippen LogP contribution in [0.3, 0.4) is 0 Å². The van der Waals surface area contributed by atoms with Gasteiger partial charge in [0.15, 0.2) is 0 Å². The van der Waals surface area contributed by atoms with Gasteiger partial charge in [-0.2, -0.15) is 0 Å². The molecule has 2 aromatic rings. The third kappa shape index (κ3) is 6.78. The number of aromatic nitrogens is 2. The summed E-state index contributed by atoms with van der Waals surface area (Å²) in [6.45, 7) is 4.50. The smallest absolute Gasteiger partial charge is 0.237 e. The lowest BCUT2D eigenvalue weighted by molar-refractivity contribution is -0.696. The van der Waals surface area contributed by atoms with Crippen LogP contribution in [0.1, 0.15) is 57.4 Å². The summed E-state index contributed by atoms with van der Waals surface area (Å²) >= 11 is 6.20. The molecule has 0 atom stereocenters. The van der Waals surface area contributed by atoms with Gasteiger partial charge in [0.1, 0.15) is 12.4 Å². The lowest BCUT2D eigenvalue weighted by Gasteiger charge is -2.03. The SMILES string of the molecule is CCCCCCC[n+]1ccn(CCCCc2ccccc2Cl)c1. The molecule has 0 spiro atoms. The van der Waals surface area contributed by atoms with Gasteiger partial charge in [-0.25, -0.2) is 9.13 Å². The van der Waals surface area contributed by atoms with Gasteiger partial charge in [0.25, 0.3) is 0 Å². The zero-order valence-electron chi connectivity index (χ0n) is 14.4. The predicted molar refractivity (Wildman–Crippen MR) is 97.8 cm³/mol. The van der Waals surface area contributed by atoms with Crippen LogP contribution in [0.25, 0.3) is 0 Å². The van der Waals surface area contributed by atoms with E-state index >= 15 is 0 Å². The Balaban J connectivity index is 1.62. The molecule has 1 heterocycles. The molecular weight excluding hydrogens is 304 g/mol. The predicted octanol–water partition coefficient (Wildman–Crippen LogP) is 5.42. The largest absolute Gasteiger partial charge is 0.243 e. The number of benzene rings is 1. The van der Waals surface area contributed by atoms with Crippen LogP contribution in [0.5, 0.6) is 0 Å². The molecule has 0 N–H and O–H groups in total.